The summed E-state index contributed by atoms with van der Waals surface area (Å²) < 4.78 is 25.2. The van der Waals surface area contributed by atoms with Crippen molar-refractivity contribution in [3.8, 4) is 11.5 Å². The van der Waals surface area contributed by atoms with E-state index in [1.807, 2.05) is 6.92 Å². The van der Waals surface area contributed by atoms with Gasteiger partial charge in [0.25, 0.3) is 0 Å². The van der Waals surface area contributed by atoms with Gasteiger partial charge in [0, 0.05) is 5.56 Å². The zero-order chi connectivity index (χ0) is 15.1. The van der Waals surface area contributed by atoms with E-state index in [1.54, 1.807) is 19.1 Å². The van der Waals surface area contributed by atoms with Gasteiger partial charge in [0.05, 0.1) is 4.90 Å². The van der Waals surface area contributed by atoms with Gasteiger partial charge in [-0.05, 0) is 44.5 Å². The number of sulfone groups is 1. The van der Waals surface area contributed by atoms with Crippen LogP contribution >= 0.6 is 0 Å². The third-order valence-corrected chi connectivity index (χ3v) is 5.20. The highest BCUT2D eigenvalue weighted by Gasteiger charge is 2.26. The molecule has 0 fully saturated rings. The normalized spacial score (nSPS) is 11.6. The lowest BCUT2D eigenvalue weighted by Crippen LogP contribution is -2.05. The summed E-state index contributed by atoms with van der Waals surface area (Å²) in [7, 11) is -3.87. The van der Waals surface area contributed by atoms with Crippen molar-refractivity contribution in [1.82, 2.24) is 0 Å². The van der Waals surface area contributed by atoms with E-state index < -0.39 is 9.84 Å². The Labute approximate surface area is 118 Å². The Morgan fingerprint density at radius 2 is 1.50 bits per heavy atom. The topological polar surface area (TPSA) is 74.6 Å². The maximum absolute atomic E-state index is 12.6. The summed E-state index contributed by atoms with van der Waals surface area (Å²) >= 11 is 0. The van der Waals surface area contributed by atoms with E-state index >= 15 is 0 Å². The maximum atomic E-state index is 12.6. The van der Waals surface area contributed by atoms with Crippen LogP contribution in [-0.2, 0) is 9.84 Å². The van der Waals surface area contributed by atoms with Crippen LogP contribution in [0.4, 0.5) is 0 Å². The van der Waals surface area contributed by atoms with Crippen LogP contribution in [0, 0.1) is 20.8 Å². The molecule has 0 radical (unpaired) electrons. The fraction of sp³-hybridized carbons (Fsp3) is 0.200. The molecule has 106 valence electrons. The minimum absolute atomic E-state index is 0.0894. The van der Waals surface area contributed by atoms with E-state index in [2.05, 4.69) is 0 Å². The second-order valence-corrected chi connectivity index (χ2v) is 6.72. The first-order chi connectivity index (χ1) is 9.25. The molecule has 0 atom stereocenters. The second kappa shape index (κ2) is 4.83. The molecule has 2 aromatic carbocycles. The third-order valence-electron chi connectivity index (χ3n) is 3.27. The van der Waals surface area contributed by atoms with Gasteiger partial charge in [-0.15, -0.1) is 0 Å². The van der Waals surface area contributed by atoms with Gasteiger partial charge >= 0.3 is 0 Å². The molecule has 0 saturated carbocycles. The standard InChI is InChI=1S/C15H16O4S/c1-9-4-6-12(7-5-9)20(18,19)15-11(3)13(16)8-10(2)14(15)17/h4-8,16-17H,1-3H3. The average molecular weight is 292 g/mol. The molecular weight excluding hydrogens is 276 g/mol. The summed E-state index contributed by atoms with van der Waals surface area (Å²) in [5.74, 6) is -0.466. The molecular formula is C15H16O4S. The van der Waals surface area contributed by atoms with Gasteiger partial charge in [-0.2, -0.15) is 0 Å². The van der Waals surface area contributed by atoms with Crippen LogP contribution in [0.2, 0.25) is 0 Å². The van der Waals surface area contributed by atoms with Crippen LogP contribution in [0.25, 0.3) is 0 Å². The van der Waals surface area contributed by atoms with Crippen LogP contribution in [0.3, 0.4) is 0 Å². The van der Waals surface area contributed by atoms with Gasteiger partial charge in [0.15, 0.2) is 0 Å². The van der Waals surface area contributed by atoms with E-state index in [9.17, 15) is 18.6 Å². The molecule has 0 spiro atoms. The van der Waals surface area contributed by atoms with E-state index in [0.717, 1.165) is 5.56 Å². The van der Waals surface area contributed by atoms with Crippen molar-refractivity contribution < 1.29 is 18.6 Å². The van der Waals surface area contributed by atoms with Crippen LogP contribution in [0.5, 0.6) is 11.5 Å². The summed E-state index contributed by atoms with van der Waals surface area (Å²) in [6.07, 6.45) is 0. The van der Waals surface area contributed by atoms with Crippen molar-refractivity contribution in [2.24, 2.45) is 0 Å². The first-order valence-corrected chi connectivity index (χ1v) is 7.57. The number of phenolic OH excluding ortho intramolecular Hbond substituents is 2. The maximum Gasteiger partial charge on any atom is 0.210 e. The van der Waals surface area contributed by atoms with Crippen LogP contribution < -0.4 is 0 Å². The van der Waals surface area contributed by atoms with Gasteiger partial charge in [0.1, 0.15) is 16.4 Å². The Morgan fingerprint density at radius 1 is 0.950 bits per heavy atom. The molecule has 0 saturated heterocycles. The van der Waals surface area contributed by atoms with Crippen molar-refractivity contribution >= 4 is 9.84 Å². The number of phenols is 2. The highest BCUT2D eigenvalue weighted by Crippen LogP contribution is 2.38. The molecule has 2 N–H and O–H groups in total. The van der Waals surface area contributed by atoms with E-state index in [0.29, 0.717) is 5.56 Å². The molecule has 0 unspecified atom stereocenters. The van der Waals surface area contributed by atoms with Crippen molar-refractivity contribution in [3.05, 3.63) is 47.0 Å². The molecule has 0 bridgehead atoms. The fourth-order valence-corrected chi connectivity index (χ4v) is 3.67. The first kappa shape index (κ1) is 14.4. The molecule has 20 heavy (non-hydrogen) atoms. The van der Waals surface area contributed by atoms with Crippen LogP contribution in [-0.4, -0.2) is 18.6 Å². The summed E-state index contributed by atoms with van der Waals surface area (Å²) in [6.45, 7) is 4.87. The Bertz CT molecular complexity index is 733. The molecule has 0 aromatic heterocycles. The lowest BCUT2D eigenvalue weighted by Gasteiger charge is -2.13. The Morgan fingerprint density at radius 3 is 2.05 bits per heavy atom. The Balaban J connectivity index is 2.76. The zero-order valence-electron chi connectivity index (χ0n) is 11.5. The van der Waals surface area contributed by atoms with Crippen LogP contribution in [0.1, 0.15) is 16.7 Å². The molecule has 0 aliphatic heterocycles. The molecule has 0 amide bonds. The number of hydrogen-bond donors (Lipinski definition) is 2. The quantitative estimate of drug-likeness (QED) is 0.835. The largest absolute Gasteiger partial charge is 0.508 e. The number of aryl methyl sites for hydroxylation is 2. The summed E-state index contributed by atoms with van der Waals surface area (Å²) in [4.78, 5) is -0.148. The highest BCUT2D eigenvalue weighted by atomic mass is 32.2. The van der Waals surface area contributed by atoms with Gasteiger partial charge in [-0.3, -0.25) is 0 Å². The lowest BCUT2D eigenvalue weighted by atomic mass is 10.1. The fourth-order valence-electron chi connectivity index (χ4n) is 2.02. The van der Waals surface area contributed by atoms with Gasteiger partial charge in [-0.25, -0.2) is 8.42 Å². The molecule has 0 aliphatic carbocycles. The van der Waals surface area contributed by atoms with E-state index in [4.69, 9.17) is 0 Å². The minimum atomic E-state index is -3.87. The van der Waals surface area contributed by atoms with Crippen molar-refractivity contribution in [2.75, 3.05) is 0 Å². The predicted molar refractivity (Wildman–Crippen MR) is 75.9 cm³/mol. The first-order valence-electron chi connectivity index (χ1n) is 6.09. The lowest BCUT2D eigenvalue weighted by molar-refractivity contribution is 0.437. The Kier molecular flexibility index (Phi) is 3.48. The minimum Gasteiger partial charge on any atom is -0.508 e. The van der Waals surface area contributed by atoms with Gasteiger partial charge < -0.3 is 10.2 Å². The number of hydrogen-bond acceptors (Lipinski definition) is 4. The number of benzene rings is 2. The third kappa shape index (κ3) is 2.25. The molecule has 5 heteroatoms. The zero-order valence-corrected chi connectivity index (χ0v) is 12.3. The second-order valence-electron chi connectivity index (χ2n) is 4.83. The summed E-state index contributed by atoms with van der Waals surface area (Å²) in [5, 5.41) is 19.8. The molecule has 2 rings (SSSR count). The average Bonchev–Trinajstić information content (AvgIpc) is 2.37. The van der Waals surface area contributed by atoms with E-state index in [1.165, 1.54) is 25.1 Å². The SMILES string of the molecule is Cc1ccc(S(=O)(=O)c2c(C)c(O)cc(C)c2O)cc1. The highest BCUT2D eigenvalue weighted by molar-refractivity contribution is 7.91. The Hall–Kier alpha value is -2.01. The molecule has 2 aromatic rings. The molecule has 4 nitrogen and oxygen atoms in total. The van der Waals surface area contributed by atoms with Crippen molar-refractivity contribution in [3.63, 3.8) is 0 Å². The predicted octanol–water partition coefficient (Wildman–Crippen LogP) is 2.86. The summed E-state index contributed by atoms with van der Waals surface area (Å²) in [5.41, 5.74) is 1.41. The molecule has 0 aliphatic rings. The van der Waals surface area contributed by atoms with Crippen molar-refractivity contribution in [1.29, 1.82) is 0 Å². The smallest absolute Gasteiger partial charge is 0.210 e. The van der Waals surface area contributed by atoms with E-state index in [-0.39, 0.29) is 26.9 Å². The van der Waals surface area contributed by atoms with Crippen LogP contribution in [0.15, 0.2) is 40.1 Å². The van der Waals surface area contributed by atoms with Gasteiger partial charge in [-0.1, -0.05) is 17.7 Å². The van der Waals surface area contributed by atoms with Gasteiger partial charge in [0.2, 0.25) is 9.84 Å². The number of aromatic hydroxyl groups is 2. The summed E-state index contributed by atoms with van der Waals surface area (Å²) in [6, 6.07) is 7.70. The monoisotopic (exact) mass is 292 g/mol. The molecule has 0 heterocycles. The number of rotatable bonds is 2. The van der Waals surface area contributed by atoms with Crippen molar-refractivity contribution in [2.45, 2.75) is 30.6 Å².